The minimum Gasteiger partial charge on any atom is -0.494 e. The second kappa shape index (κ2) is 10.0. The molecule has 0 radical (unpaired) electrons. The van der Waals surface area contributed by atoms with E-state index in [0.29, 0.717) is 0 Å². The zero-order valence-corrected chi connectivity index (χ0v) is 16.2. The van der Waals surface area contributed by atoms with Crippen LogP contribution in [0.15, 0.2) is 18.2 Å². The number of ether oxygens (including phenoxy) is 1. The third-order valence-electron chi connectivity index (χ3n) is 5.15. The molecule has 2 aliphatic heterocycles. The molecule has 140 valence electrons. The van der Waals surface area contributed by atoms with Gasteiger partial charge in [0.15, 0.2) is 0 Å². The lowest BCUT2D eigenvalue weighted by Gasteiger charge is -2.30. The van der Waals surface area contributed by atoms with Gasteiger partial charge in [-0.05, 0) is 62.5 Å². The monoisotopic (exact) mass is 366 g/mol. The summed E-state index contributed by atoms with van der Waals surface area (Å²) in [7, 11) is 0. The molecule has 0 N–H and O–H groups in total. The highest BCUT2D eigenvalue weighted by atomic mass is 35.5. The first kappa shape index (κ1) is 20.1. The van der Waals surface area contributed by atoms with Gasteiger partial charge in [0.2, 0.25) is 0 Å². The number of halogens is 1. The molecule has 0 unspecified atom stereocenters. The fraction of sp³-hybridized carbons (Fsp3) is 0.650. The predicted octanol–water partition coefficient (Wildman–Crippen LogP) is 3.77. The number of rotatable bonds is 8. The molecule has 3 rings (SSSR count). The van der Waals surface area contributed by atoms with Crippen molar-refractivity contribution in [2.45, 2.75) is 45.4 Å². The molecule has 1 fully saturated rings. The number of fused-ring (bicyclic) bond motifs is 1. The van der Waals surface area contributed by atoms with Crippen molar-refractivity contribution < 1.29 is 9.53 Å². The minimum absolute atomic E-state index is 0. The van der Waals surface area contributed by atoms with Crippen molar-refractivity contribution in [2.75, 3.05) is 39.3 Å². The minimum atomic E-state index is 0. The quantitative estimate of drug-likeness (QED) is 0.656. The Labute approximate surface area is 157 Å². The van der Waals surface area contributed by atoms with Crippen LogP contribution in [0.25, 0.3) is 0 Å². The van der Waals surface area contributed by atoms with Gasteiger partial charge in [0.1, 0.15) is 5.75 Å². The maximum Gasteiger partial charge on any atom is 0.254 e. The number of benzene rings is 1. The first-order valence-corrected chi connectivity index (χ1v) is 9.55. The molecule has 0 aromatic heterocycles. The van der Waals surface area contributed by atoms with Gasteiger partial charge >= 0.3 is 0 Å². The van der Waals surface area contributed by atoms with Crippen LogP contribution in [-0.4, -0.2) is 55.0 Å². The van der Waals surface area contributed by atoms with Gasteiger partial charge in [-0.3, -0.25) is 4.79 Å². The van der Waals surface area contributed by atoms with Gasteiger partial charge in [-0.15, -0.1) is 12.4 Å². The van der Waals surface area contributed by atoms with E-state index in [1.165, 1.54) is 38.8 Å². The topological polar surface area (TPSA) is 32.8 Å². The Kier molecular flexibility index (Phi) is 8.04. The van der Waals surface area contributed by atoms with E-state index in [2.05, 4.69) is 17.9 Å². The number of unbranched alkanes of at least 4 members (excludes halogenated alkanes) is 2. The molecule has 0 saturated carbocycles. The summed E-state index contributed by atoms with van der Waals surface area (Å²) in [6.45, 7) is 8.05. The van der Waals surface area contributed by atoms with Gasteiger partial charge in [-0.25, -0.2) is 0 Å². The normalized spacial score (nSPS) is 17.3. The molecular weight excluding hydrogens is 336 g/mol. The van der Waals surface area contributed by atoms with E-state index in [9.17, 15) is 4.79 Å². The van der Waals surface area contributed by atoms with Gasteiger partial charge in [0, 0.05) is 25.2 Å². The lowest BCUT2D eigenvalue weighted by molar-refractivity contribution is 0.0724. The van der Waals surface area contributed by atoms with Crippen molar-refractivity contribution in [3.05, 3.63) is 29.3 Å². The molecule has 4 nitrogen and oxygen atoms in total. The van der Waals surface area contributed by atoms with Gasteiger partial charge in [-0.1, -0.05) is 19.8 Å². The Morgan fingerprint density at radius 1 is 1.08 bits per heavy atom. The highest BCUT2D eigenvalue weighted by Gasteiger charge is 2.25. The van der Waals surface area contributed by atoms with Crippen molar-refractivity contribution in [1.29, 1.82) is 0 Å². The summed E-state index contributed by atoms with van der Waals surface area (Å²) in [5, 5.41) is 0. The van der Waals surface area contributed by atoms with E-state index in [1.807, 2.05) is 17.0 Å². The molecule has 2 heterocycles. The van der Waals surface area contributed by atoms with Crippen LogP contribution in [-0.2, 0) is 6.42 Å². The highest BCUT2D eigenvalue weighted by Crippen LogP contribution is 2.24. The molecule has 0 spiro atoms. The molecule has 5 heteroatoms. The summed E-state index contributed by atoms with van der Waals surface area (Å²) < 4.78 is 5.82. The molecule has 0 aliphatic carbocycles. The third kappa shape index (κ3) is 5.35. The van der Waals surface area contributed by atoms with E-state index < -0.39 is 0 Å². The largest absolute Gasteiger partial charge is 0.494 e. The zero-order chi connectivity index (χ0) is 16.8. The number of amides is 1. The van der Waals surface area contributed by atoms with Gasteiger partial charge in [0.05, 0.1) is 6.61 Å². The molecule has 1 aromatic rings. The fourth-order valence-electron chi connectivity index (χ4n) is 3.63. The fourth-order valence-corrected chi connectivity index (χ4v) is 3.63. The Balaban J connectivity index is 0.00000225. The van der Waals surface area contributed by atoms with E-state index in [4.69, 9.17) is 4.74 Å². The van der Waals surface area contributed by atoms with E-state index in [0.717, 1.165) is 56.0 Å². The van der Waals surface area contributed by atoms with Crippen LogP contribution >= 0.6 is 12.4 Å². The Morgan fingerprint density at radius 3 is 2.64 bits per heavy atom. The van der Waals surface area contributed by atoms with E-state index in [1.54, 1.807) is 0 Å². The summed E-state index contributed by atoms with van der Waals surface area (Å²) in [6.07, 6.45) is 7.05. The molecule has 1 aromatic carbocycles. The number of hydrogen-bond acceptors (Lipinski definition) is 3. The SMILES string of the molecule is CCCCCOc1ccc2c(c1)CCN(CCN1CCCC1)C2=O.Cl. The van der Waals surface area contributed by atoms with Gasteiger partial charge < -0.3 is 14.5 Å². The molecule has 2 aliphatic rings. The maximum atomic E-state index is 12.7. The van der Waals surface area contributed by atoms with Crippen molar-refractivity contribution in [1.82, 2.24) is 9.80 Å². The van der Waals surface area contributed by atoms with Gasteiger partial charge in [-0.2, -0.15) is 0 Å². The first-order valence-electron chi connectivity index (χ1n) is 9.55. The van der Waals surface area contributed by atoms with Crippen LogP contribution in [0.3, 0.4) is 0 Å². The highest BCUT2D eigenvalue weighted by molar-refractivity contribution is 5.97. The van der Waals surface area contributed by atoms with Crippen LogP contribution in [0.2, 0.25) is 0 Å². The average molecular weight is 367 g/mol. The van der Waals surface area contributed by atoms with Crippen molar-refractivity contribution >= 4 is 18.3 Å². The number of hydrogen-bond donors (Lipinski definition) is 0. The third-order valence-corrected chi connectivity index (χ3v) is 5.15. The van der Waals surface area contributed by atoms with Crippen LogP contribution in [0.1, 0.15) is 54.9 Å². The Morgan fingerprint density at radius 2 is 1.88 bits per heavy atom. The molecule has 1 saturated heterocycles. The number of carbonyl (C=O) groups excluding carboxylic acids is 1. The molecule has 25 heavy (non-hydrogen) atoms. The Hall–Kier alpha value is -1.26. The summed E-state index contributed by atoms with van der Waals surface area (Å²) >= 11 is 0. The second-order valence-electron chi connectivity index (χ2n) is 6.97. The molecule has 0 bridgehead atoms. The number of carbonyl (C=O) groups is 1. The van der Waals surface area contributed by atoms with Crippen LogP contribution in [0, 0.1) is 0 Å². The summed E-state index contributed by atoms with van der Waals surface area (Å²) in [5.74, 6) is 1.09. The summed E-state index contributed by atoms with van der Waals surface area (Å²) in [4.78, 5) is 17.2. The van der Waals surface area contributed by atoms with Crippen LogP contribution in [0.4, 0.5) is 0 Å². The maximum absolute atomic E-state index is 12.7. The van der Waals surface area contributed by atoms with Gasteiger partial charge in [0.25, 0.3) is 5.91 Å². The molecule has 1 amide bonds. The summed E-state index contributed by atoms with van der Waals surface area (Å²) in [6, 6.07) is 5.97. The molecule has 0 atom stereocenters. The standard InChI is InChI=1S/C20H30N2O2.ClH/c1-2-3-6-15-24-18-7-8-19-17(16-18)9-12-22(20(19)23)14-13-21-10-4-5-11-21;/h7-8,16H,2-6,9-15H2,1H3;1H. The number of nitrogens with zero attached hydrogens (tertiary/aromatic N) is 2. The molecular formula is C20H31ClN2O2. The van der Waals surface area contributed by atoms with Crippen LogP contribution < -0.4 is 4.74 Å². The summed E-state index contributed by atoms with van der Waals surface area (Å²) in [5.41, 5.74) is 2.01. The van der Waals surface area contributed by atoms with E-state index >= 15 is 0 Å². The lowest BCUT2D eigenvalue weighted by Crippen LogP contribution is -2.42. The predicted molar refractivity (Wildman–Crippen MR) is 104 cm³/mol. The van der Waals surface area contributed by atoms with Crippen molar-refractivity contribution in [2.24, 2.45) is 0 Å². The zero-order valence-electron chi connectivity index (χ0n) is 15.3. The smallest absolute Gasteiger partial charge is 0.254 e. The van der Waals surface area contributed by atoms with Crippen molar-refractivity contribution in [3.63, 3.8) is 0 Å². The van der Waals surface area contributed by atoms with E-state index in [-0.39, 0.29) is 18.3 Å². The van der Waals surface area contributed by atoms with Crippen molar-refractivity contribution in [3.8, 4) is 5.75 Å². The average Bonchev–Trinajstić information content (AvgIpc) is 3.12. The lowest BCUT2D eigenvalue weighted by atomic mass is 9.98. The first-order chi connectivity index (χ1) is 11.8. The second-order valence-corrected chi connectivity index (χ2v) is 6.97. The number of likely N-dealkylation sites (tertiary alicyclic amines) is 1. The Bertz CT molecular complexity index is 559. The van der Waals surface area contributed by atoms with Crippen LogP contribution in [0.5, 0.6) is 5.75 Å².